The van der Waals surface area contributed by atoms with Gasteiger partial charge in [-0.2, -0.15) is 5.10 Å². The number of nitrogens with one attached hydrogen (secondary N) is 1. The second kappa shape index (κ2) is 4.83. The minimum atomic E-state index is 0.352. The molecule has 98 valence electrons. The fraction of sp³-hybridized carbons (Fsp3) is 0.231. The predicted molar refractivity (Wildman–Crippen MR) is 80.5 cm³/mol. The minimum absolute atomic E-state index is 0.352. The summed E-state index contributed by atoms with van der Waals surface area (Å²) in [6, 6.07) is 6.06. The summed E-state index contributed by atoms with van der Waals surface area (Å²) in [5.41, 5.74) is 1.90. The number of thiazole rings is 1. The second-order valence-corrected chi connectivity index (χ2v) is 6.03. The molecule has 3 rings (SSSR count). The summed E-state index contributed by atoms with van der Waals surface area (Å²) in [6.45, 7) is 4.19. The van der Waals surface area contributed by atoms with E-state index in [1.807, 2.05) is 29.1 Å². The van der Waals surface area contributed by atoms with Gasteiger partial charge in [0.15, 0.2) is 5.13 Å². The molecular weight excluding hydrogens is 280 g/mol. The molecule has 6 heteroatoms. The number of fused-ring (bicyclic) bond motifs is 1. The summed E-state index contributed by atoms with van der Waals surface area (Å²) in [4.78, 5) is 4.51. The van der Waals surface area contributed by atoms with Gasteiger partial charge in [0.25, 0.3) is 0 Å². The first-order valence-corrected chi connectivity index (χ1v) is 7.18. The van der Waals surface area contributed by atoms with Crippen molar-refractivity contribution in [2.75, 3.05) is 5.32 Å². The van der Waals surface area contributed by atoms with Gasteiger partial charge in [-0.3, -0.25) is 4.68 Å². The van der Waals surface area contributed by atoms with Crippen molar-refractivity contribution in [3.8, 4) is 0 Å². The maximum atomic E-state index is 5.97. The van der Waals surface area contributed by atoms with E-state index in [2.05, 4.69) is 29.2 Å². The number of aromatic nitrogens is 3. The molecule has 19 heavy (non-hydrogen) atoms. The van der Waals surface area contributed by atoms with Gasteiger partial charge in [0.2, 0.25) is 0 Å². The number of rotatable bonds is 3. The fourth-order valence-corrected chi connectivity index (χ4v) is 2.92. The fourth-order valence-electron chi connectivity index (χ4n) is 1.76. The van der Waals surface area contributed by atoms with Crippen LogP contribution in [-0.2, 0) is 0 Å². The molecule has 0 aliphatic rings. The molecule has 0 radical (unpaired) electrons. The third-order valence-corrected chi connectivity index (χ3v) is 3.90. The molecule has 3 aromatic rings. The van der Waals surface area contributed by atoms with Crippen LogP contribution in [0, 0.1) is 0 Å². The molecule has 2 aromatic heterocycles. The zero-order valence-electron chi connectivity index (χ0n) is 10.6. The van der Waals surface area contributed by atoms with Crippen LogP contribution in [0.4, 0.5) is 10.8 Å². The Balaban J connectivity index is 1.87. The zero-order valence-corrected chi connectivity index (χ0v) is 12.2. The molecule has 1 aromatic carbocycles. The van der Waals surface area contributed by atoms with E-state index in [9.17, 15) is 0 Å². The maximum Gasteiger partial charge on any atom is 0.188 e. The monoisotopic (exact) mass is 292 g/mol. The lowest BCUT2D eigenvalue weighted by Gasteiger charge is -2.03. The van der Waals surface area contributed by atoms with Gasteiger partial charge in [-0.15, -0.1) is 0 Å². The third kappa shape index (κ3) is 2.57. The molecule has 0 atom stereocenters. The van der Waals surface area contributed by atoms with E-state index >= 15 is 0 Å². The van der Waals surface area contributed by atoms with Crippen molar-refractivity contribution in [2.45, 2.75) is 19.9 Å². The van der Waals surface area contributed by atoms with Crippen molar-refractivity contribution in [3.63, 3.8) is 0 Å². The van der Waals surface area contributed by atoms with Crippen LogP contribution < -0.4 is 5.32 Å². The summed E-state index contributed by atoms with van der Waals surface area (Å²) in [5.74, 6) is 0. The van der Waals surface area contributed by atoms with Crippen molar-refractivity contribution in [1.29, 1.82) is 0 Å². The highest BCUT2D eigenvalue weighted by atomic mass is 35.5. The minimum Gasteiger partial charge on any atom is -0.329 e. The van der Waals surface area contributed by atoms with Crippen LogP contribution in [0.3, 0.4) is 0 Å². The molecule has 0 spiro atoms. The Morgan fingerprint density at radius 1 is 1.37 bits per heavy atom. The van der Waals surface area contributed by atoms with Crippen molar-refractivity contribution in [3.05, 3.63) is 35.6 Å². The average Bonchev–Trinajstić information content (AvgIpc) is 2.95. The quantitative estimate of drug-likeness (QED) is 0.774. The Labute approximate surface area is 120 Å². The highest BCUT2D eigenvalue weighted by Crippen LogP contribution is 2.30. The zero-order chi connectivity index (χ0) is 13.4. The molecule has 2 heterocycles. The van der Waals surface area contributed by atoms with Gasteiger partial charge in [-0.05, 0) is 32.0 Å². The van der Waals surface area contributed by atoms with Gasteiger partial charge >= 0.3 is 0 Å². The van der Waals surface area contributed by atoms with Crippen LogP contribution in [-0.4, -0.2) is 14.8 Å². The van der Waals surface area contributed by atoms with Crippen LogP contribution >= 0.6 is 22.9 Å². The number of hydrogen-bond acceptors (Lipinski definition) is 4. The summed E-state index contributed by atoms with van der Waals surface area (Å²) in [5, 5.41) is 9.14. The average molecular weight is 293 g/mol. The third-order valence-electron chi connectivity index (χ3n) is 2.73. The number of hydrogen-bond donors (Lipinski definition) is 1. The lowest BCUT2D eigenvalue weighted by Crippen LogP contribution is -1.99. The van der Waals surface area contributed by atoms with Gasteiger partial charge in [-0.1, -0.05) is 22.9 Å². The van der Waals surface area contributed by atoms with Crippen LogP contribution in [0.25, 0.3) is 10.2 Å². The number of anilines is 2. The number of benzene rings is 1. The summed E-state index contributed by atoms with van der Waals surface area (Å²) in [7, 11) is 0. The molecule has 0 aliphatic carbocycles. The van der Waals surface area contributed by atoms with Gasteiger partial charge in [0, 0.05) is 17.3 Å². The highest BCUT2D eigenvalue weighted by molar-refractivity contribution is 7.22. The van der Waals surface area contributed by atoms with E-state index in [1.54, 1.807) is 17.5 Å². The molecule has 0 saturated heterocycles. The summed E-state index contributed by atoms with van der Waals surface area (Å²) < 4.78 is 2.98. The van der Waals surface area contributed by atoms with E-state index < -0.39 is 0 Å². The first-order chi connectivity index (χ1) is 9.11. The van der Waals surface area contributed by atoms with Crippen molar-refractivity contribution < 1.29 is 0 Å². The molecule has 0 amide bonds. The first kappa shape index (κ1) is 12.4. The van der Waals surface area contributed by atoms with E-state index in [0.717, 1.165) is 26.1 Å². The Morgan fingerprint density at radius 3 is 2.95 bits per heavy atom. The molecule has 0 saturated carbocycles. The number of halogens is 1. The Bertz CT molecular complexity index is 716. The molecule has 0 bridgehead atoms. The standard InChI is InChI=1S/C13H13ClN4S/c1-8(2)18-7-10(6-15-18)16-13-17-11-4-3-9(14)5-12(11)19-13/h3-8H,1-2H3,(H,16,17). The van der Waals surface area contributed by atoms with Gasteiger partial charge in [-0.25, -0.2) is 4.98 Å². The molecule has 0 unspecified atom stereocenters. The SMILES string of the molecule is CC(C)n1cc(Nc2nc3ccc(Cl)cc3s2)cn1. The molecule has 1 N–H and O–H groups in total. The van der Waals surface area contributed by atoms with Crippen molar-refractivity contribution >= 4 is 44.0 Å². The molecule has 0 aliphatic heterocycles. The van der Waals surface area contributed by atoms with Gasteiger partial charge < -0.3 is 5.32 Å². The van der Waals surface area contributed by atoms with E-state index in [-0.39, 0.29) is 0 Å². The van der Waals surface area contributed by atoms with Crippen LogP contribution in [0.1, 0.15) is 19.9 Å². The Kier molecular flexibility index (Phi) is 3.16. The van der Waals surface area contributed by atoms with Crippen molar-refractivity contribution in [1.82, 2.24) is 14.8 Å². The van der Waals surface area contributed by atoms with Gasteiger partial charge in [0.1, 0.15) is 0 Å². The topological polar surface area (TPSA) is 42.7 Å². The molecule has 0 fully saturated rings. The Morgan fingerprint density at radius 2 is 2.21 bits per heavy atom. The molecular formula is C13H13ClN4S. The molecule has 4 nitrogen and oxygen atoms in total. The maximum absolute atomic E-state index is 5.97. The van der Waals surface area contributed by atoms with E-state index in [4.69, 9.17) is 11.6 Å². The lowest BCUT2D eigenvalue weighted by atomic mass is 10.3. The van der Waals surface area contributed by atoms with Crippen LogP contribution in [0.5, 0.6) is 0 Å². The first-order valence-electron chi connectivity index (χ1n) is 5.99. The lowest BCUT2D eigenvalue weighted by molar-refractivity contribution is 0.532. The predicted octanol–water partition coefficient (Wildman–Crippen LogP) is 4.47. The van der Waals surface area contributed by atoms with Crippen LogP contribution in [0.15, 0.2) is 30.6 Å². The van der Waals surface area contributed by atoms with Crippen molar-refractivity contribution in [2.24, 2.45) is 0 Å². The van der Waals surface area contributed by atoms with Gasteiger partial charge in [0.05, 0.1) is 22.1 Å². The summed E-state index contributed by atoms with van der Waals surface area (Å²) in [6.07, 6.45) is 3.78. The van der Waals surface area contributed by atoms with Crippen LogP contribution in [0.2, 0.25) is 5.02 Å². The highest BCUT2D eigenvalue weighted by Gasteiger charge is 2.06. The van der Waals surface area contributed by atoms with E-state index in [0.29, 0.717) is 6.04 Å². The smallest absolute Gasteiger partial charge is 0.188 e. The normalized spacial score (nSPS) is 11.4. The Hall–Kier alpha value is -1.59. The number of nitrogens with zero attached hydrogens (tertiary/aromatic N) is 3. The largest absolute Gasteiger partial charge is 0.329 e. The van der Waals surface area contributed by atoms with E-state index in [1.165, 1.54) is 0 Å². The summed E-state index contributed by atoms with van der Waals surface area (Å²) >= 11 is 7.55. The second-order valence-electron chi connectivity index (χ2n) is 4.56.